The summed E-state index contributed by atoms with van der Waals surface area (Å²) in [6.07, 6.45) is 6.44. The van der Waals surface area contributed by atoms with Crippen molar-refractivity contribution in [3.8, 4) is 11.3 Å². The maximum Gasteiger partial charge on any atom is 0.251 e. The van der Waals surface area contributed by atoms with Gasteiger partial charge in [-0.2, -0.15) is 10.2 Å². The highest BCUT2D eigenvalue weighted by Crippen LogP contribution is 2.32. The number of nitrogens with one attached hydrogen (secondary N) is 2. The highest BCUT2D eigenvalue weighted by Gasteiger charge is 2.36. The molecule has 1 fully saturated rings. The second-order valence-electron chi connectivity index (χ2n) is 9.87. The van der Waals surface area contributed by atoms with Crippen LogP contribution in [0.4, 0.5) is 0 Å². The average molecular weight is 481 g/mol. The van der Waals surface area contributed by atoms with Gasteiger partial charge < -0.3 is 10.4 Å². The standard InChI is InChI=1S/C28H28N6O2/c1-18-13-19(10-12-29-18)26-23-14-20(8-9-24(23)32-33-26)27(35)31-22-6-4-11-28(36,15-22)17-34-25-7-3-2-5-21(25)16-30-34/h2-3,5,7-10,12-14,16,22,36H,4,6,11,15,17H2,1H3,(H,31,35)(H,32,33)/t22-,28+/m1/s1. The monoisotopic (exact) mass is 480 g/mol. The number of aromatic amines is 1. The predicted molar refractivity (Wildman–Crippen MR) is 138 cm³/mol. The first-order valence-electron chi connectivity index (χ1n) is 12.3. The summed E-state index contributed by atoms with van der Waals surface area (Å²) in [6.45, 7) is 2.35. The van der Waals surface area contributed by atoms with Crippen LogP contribution in [0.15, 0.2) is 67.0 Å². The molecule has 182 valence electrons. The van der Waals surface area contributed by atoms with Gasteiger partial charge in [0, 0.05) is 39.8 Å². The Morgan fingerprint density at radius 1 is 1.22 bits per heavy atom. The highest BCUT2D eigenvalue weighted by atomic mass is 16.3. The van der Waals surface area contributed by atoms with E-state index in [4.69, 9.17) is 0 Å². The molecule has 1 aliphatic carbocycles. The van der Waals surface area contributed by atoms with E-state index in [0.717, 1.165) is 51.6 Å². The molecule has 0 unspecified atom stereocenters. The number of aryl methyl sites for hydroxylation is 1. The van der Waals surface area contributed by atoms with Crippen LogP contribution in [0, 0.1) is 6.92 Å². The minimum Gasteiger partial charge on any atom is -0.388 e. The van der Waals surface area contributed by atoms with Crippen LogP contribution >= 0.6 is 0 Å². The van der Waals surface area contributed by atoms with Gasteiger partial charge in [-0.05, 0) is 69.0 Å². The molecule has 3 aromatic heterocycles. The zero-order chi connectivity index (χ0) is 24.7. The number of H-pyrrole nitrogens is 1. The van der Waals surface area contributed by atoms with Gasteiger partial charge in [-0.1, -0.05) is 18.2 Å². The number of carbonyl (C=O) groups is 1. The first kappa shape index (κ1) is 22.4. The molecule has 8 nitrogen and oxygen atoms in total. The Labute approximate surface area is 208 Å². The molecule has 0 saturated heterocycles. The third kappa shape index (κ3) is 4.24. The number of carbonyl (C=O) groups excluding carboxylic acids is 1. The normalized spacial score (nSPS) is 20.1. The fourth-order valence-corrected chi connectivity index (χ4v) is 5.37. The molecule has 6 rings (SSSR count). The molecule has 0 aliphatic heterocycles. The molecule has 1 amide bonds. The van der Waals surface area contributed by atoms with Gasteiger partial charge in [0.15, 0.2) is 0 Å². The number of aliphatic hydroxyl groups is 1. The van der Waals surface area contributed by atoms with Crippen molar-refractivity contribution in [2.75, 3.05) is 0 Å². The van der Waals surface area contributed by atoms with Crippen molar-refractivity contribution >= 4 is 27.7 Å². The third-order valence-electron chi connectivity index (χ3n) is 7.15. The summed E-state index contributed by atoms with van der Waals surface area (Å²) in [7, 11) is 0. The Hall–Kier alpha value is -4.04. The van der Waals surface area contributed by atoms with Crippen LogP contribution in [0.1, 0.15) is 41.7 Å². The number of aromatic nitrogens is 5. The fraction of sp³-hybridized carbons (Fsp3) is 0.286. The van der Waals surface area contributed by atoms with Gasteiger partial charge >= 0.3 is 0 Å². The Morgan fingerprint density at radius 3 is 3.00 bits per heavy atom. The summed E-state index contributed by atoms with van der Waals surface area (Å²) in [5.41, 5.74) is 4.18. The summed E-state index contributed by atoms with van der Waals surface area (Å²) in [5, 5.41) is 28.5. The summed E-state index contributed by atoms with van der Waals surface area (Å²) >= 11 is 0. The van der Waals surface area contributed by atoms with E-state index in [2.05, 4.69) is 25.6 Å². The molecule has 1 saturated carbocycles. The fourth-order valence-electron chi connectivity index (χ4n) is 5.37. The topological polar surface area (TPSA) is 109 Å². The van der Waals surface area contributed by atoms with Crippen molar-refractivity contribution in [2.24, 2.45) is 0 Å². The number of hydrogen-bond acceptors (Lipinski definition) is 5. The summed E-state index contributed by atoms with van der Waals surface area (Å²) in [4.78, 5) is 17.5. The smallest absolute Gasteiger partial charge is 0.251 e. The molecule has 36 heavy (non-hydrogen) atoms. The maximum atomic E-state index is 13.2. The van der Waals surface area contributed by atoms with Crippen molar-refractivity contribution in [1.29, 1.82) is 0 Å². The van der Waals surface area contributed by atoms with Crippen LogP contribution in [-0.2, 0) is 6.54 Å². The minimum absolute atomic E-state index is 0.111. The number of hydrogen-bond donors (Lipinski definition) is 3. The number of para-hydroxylation sites is 1. The lowest BCUT2D eigenvalue weighted by Gasteiger charge is -2.37. The lowest BCUT2D eigenvalue weighted by molar-refractivity contribution is -0.0227. The van der Waals surface area contributed by atoms with E-state index in [0.29, 0.717) is 24.9 Å². The van der Waals surface area contributed by atoms with E-state index in [1.165, 1.54) is 0 Å². The second kappa shape index (κ2) is 8.87. The maximum absolute atomic E-state index is 13.2. The molecule has 8 heteroatoms. The van der Waals surface area contributed by atoms with Crippen molar-refractivity contribution in [3.63, 3.8) is 0 Å². The van der Waals surface area contributed by atoms with E-state index in [1.807, 2.05) is 72.4 Å². The number of amides is 1. The Balaban J connectivity index is 1.20. The van der Waals surface area contributed by atoms with Crippen LogP contribution in [0.2, 0.25) is 0 Å². The molecule has 2 atom stereocenters. The molecule has 1 aliphatic rings. The number of pyridine rings is 1. The van der Waals surface area contributed by atoms with Crippen LogP contribution in [0.3, 0.4) is 0 Å². The Kier molecular flexibility index (Phi) is 5.53. The van der Waals surface area contributed by atoms with Gasteiger partial charge in [0.1, 0.15) is 5.69 Å². The molecule has 0 spiro atoms. The largest absolute Gasteiger partial charge is 0.388 e. The summed E-state index contributed by atoms with van der Waals surface area (Å²) in [5.74, 6) is -0.145. The first-order chi connectivity index (χ1) is 17.5. The molecule has 2 aromatic carbocycles. The number of benzene rings is 2. The summed E-state index contributed by atoms with van der Waals surface area (Å²) < 4.78 is 1.87. The molecule has 3 heterocycles. The van der Waals surface area contributed by atoms with Crippen LogP contribution in [-0.4, -0.2) is 47.6 Å². The SMILES string of the molecule is Cc1cc(-c2n[nH]c3ccc(C(=O)N[C@@H]4CCC[C@@](O)(Cn5ncc6ccccc65)C4)cc23)ccn1. The summed E-state index contributed by atoms with van der Waals surface area (Å²) in [6, 6.07) is 17.4. The van der Waals surface area contributed by atoms with Crippen molar-refractivity contribution < 1.29 is 9.90 Å². The molecule has 5 aromatic rings. The Bertz CT molecular complexity index is 1570. The van der Waals surface area contributed by atoms with Crippen molar-refractivity contribution in [1.82, 2.24) is 30.3 Å². The van der Waals surface area contributed by atoms with Crippen molar-refractivity contribution in [2.45, 2.75) is 50.8 Å². The lowest BCUT2D eigenvalue weighted by atomic mass is 9.81. The predicted octanol–water partition coefficient (Wildman–Crippen LogP) is 4.39. The number of nitrogens with zero attached hydrogens (tertiary/aromatic N) is 4. The van der Waals surface area contributed by atoms with Gasteiger partial charge in [-0.25, -0.2) is 0 Å². The molecule has 0 radical (unpaired) electrons. The van der Waals surface area contributed by atoms with Gasteiger partial charge in [0.05, 0.1) is 29.4 Å². The third-order valence-corrected chi connectivity index (χ3v) is 7.15. The molecular weight excluding hydrogens is 452 g/mol. The van der Waals surface area contributed by atoms with Gasteiger partial charge in [-0.3, -0.25) is 19.6 Å². The molecule has 0 bridgehead atoms. The number of fused-ring (bicyclic) bond motifs is 2. The van der Waals surface area contributed by atoms with Crippen LogP contribution < -0.4 is 5.32 Å². The van der Waals surface area contributed by atoms with Gasteiger partial charge in [-0.15, -0.1) is 0 Å². The highest BCUT2D eigenvalue weighted by molar-refractivity contribution is 6.01. The molecular formula is C28H28N6O2. The van der Waals surface area contributed by atoms with Crippen LogP contribution in [0.5, 0.6) is 0 Å². The second-order valence-corrected chi connectivity index (χ2v) is 9.87. The van der Waals surface area contributed by atoms with Crippen LogP contribution in [0.25, 0.3) is 33.1 Å². The van der Waals surface area contributed by atoms with Gasteiger partial charge in [0.2, 0.25) is 0 Å². The lowest BCUT2D eigenvalue weighted by Crippen LogP contribution is -2.47. The first-order valence-corrected chi connectivity index (χ1v) is 12.3. The van der Waals surface area contributed by atoms with E-state index in [1.54, 1.807) is 6.20 Å². The van der Waals surface area contributed by atoms with Gasteiger partial charge in [0.25, 0.3) is 5.91 Å². The number of rotatable bonds is 5. The van der Waals surface area contributed by atoms with E-state index < -0.39 is 5.60 Å². The average Bonchev–Trinajstić information content (AvgIpc) is 3.48. The van der Waals surface area contributed by atoms with E-state index >= 15 is 0 Å². The molecule has 3 N–H and O–H groups in total. The Morgan fingerprint density at radius 2 is 2.11 bits per heavy atom. The zero-order valence-electron chi connectivity index (χ0n) is 20.1. The van der Waals surface area contributed by atoms with E-state index in [9.17, 15) is 9.90 Å². The van der Waals surface area contributed by atoms with Crippen molar-refractivity contribution in [3.05, 3.63) is 78.2 Å². The van der Waals surface area contributed by atoms with E-state index in [-0.39, 0.29) is 11.9 Å². The minimum atomic E-state index is -0.925. The zero-order valence-corrected chi connectivity index (χ0v) is 20.1. The quantitative estimate of drug-likeness (QED) is 0.346.